The average molecular weight is 1840 g/mol. The van der Waals surface area contributed by atoms with E-state index in [-0.39, 0.29) is 88.5 Å². The van der Waals surface area contributed by atoms with Crippen LogP contribution in [0.15, 0.2) is 210 Å². The molecule has 8 aromatic heterocycles. The molecule has 0 bridgehead atoms. The van der Waals surface area contributed by atoms with Gasteiger partial charge in [-0.1, -0.05) is 87.8 Å². The lowest BCUT2D eigenvalue weighted by molar-refractivity contribution is -0.0534. The largest absolute Gasteiger partial charge is 0.390 e. The number of carbonyl (C=O) groups is 3. The summed E-state index contributed by atoms with van der Waals surface area (Å²) < 4.78 is 150. The van der Waals surface area contributed by atoms with Gasteiger partial charge in [-0.3, -0.25) is 93.1 Å². The minimum absolute atomic E-state index is 0.0148. The molecular weight excluding hydrogens is 1750 g/mol. The first-order valence-electron chi connectivity index (χ1n) is 40.1. The SMILES string of the molecule is C=CP(=O)(OCC1OC(n2cnc3c(NC(=O)c4ccccc4)ncnc32)CC1OP(=O)(C=C)OCC1OC(n2cnc3c(NC(=O)c4ccccc4)ncnc32)CC1OP(=O)(C=C)OCC1OC(n2cc(C)c(=O)[nH]c2=O)CC1O)OC1CC(n2cc(C)c(=O)[nH]c2=O)OC1COP(=O)(C=C)OC1CC(n2cnc3c(NC(=O)c4ccccc4)ncnc32)OC1CC. The second-order valence-electron chi connectivity index (χ2n) is 30.0. The number of anilines is 3. The average Bonchev–Trinajstić information content (AvgIpc) is 1.63. The molecule has 3 amide bonds. The molecule has 19 unspecified atom stereocenters. The van der Waals surface area contributed by atoms with Crippen LogP contribution in [0.25, 0.3) is 33.5 Å². The number of benzene rings is 3. The van der Waals surface area contributed by atoms with Gasteiger partial charge < -0.3 is 62.8 Å². The van der Waals surface area contributed by atoms with Crippen molar-refractivity contribution < 1.29 is 97.6 Å². The normalized spacial score (nSPS) is 25.3. The quantitative estimate of drug-likeness (QED) is 0.0199. The van der Waals surface area contributed by atoms with Crippen molar-refractivity contribution in [3.8, 4) is 0 Å². The standard InChI is InChI=1S/C80H85N19O25P4/c1-8-51-52(29-62(116-51)97-42-87-65-68(81-39-84-71(65)97)90-76(103)47-22-16-13-17-23-47)121-126(109,10-3)113-36-57-53(30-61(118-57)96-34-46(7)75(102)94-80(96)107)122-127(110,11-4)114-38-59-55(32-64(120-59)99-44-89-67-70(83-41-86-73(67)99)92-78(105)49-26-20-15-21-27-49)124-128(111,12-5)115-37-58-54(123-125(108,9-2)112-35-56-50(100)28-60(117-56)95-33-45(6)74(101)93-79(95)106)31-63(119-58)98-43-88-66-69(82-40-85-72(66)98)91-77(104)48-24-18-14-19-25-48/h9-27,33-34,39-44,50-64,100H,2-5,8,28-32,35-38H2,1,6-7H3,(H,93,101,106)(H,94,102,107)(H,81,84,90,103)(H,82,85,91,104)(H,83,86,92,105). The number of hydrogen-bond acceptors (Lipinski definition) is 34. The number of fused-ring (bicyclic) bond motifs is 3. The number of aliphatic hydroxyl groups is 1. The fourth-order valence-electron chi connectivity index (χ4n) is 15.1. The highest BCUT2D eigenvalue weighted by molar-refractivity contribution is 7.58. The molecule has 5 aliphatic heterocycles. The second kappa shape index (κ2) is 38.0. The lowest BCUT2D eigenvalue weighted by Crippen LogP contribution is -2.33. The third-order valence-corrected chi connectivity index (χ3v) is 27.8. The summed E-state index contributed by atoms with van der Waals surface area (Å²) in [7, 11) is -18.5. The molecule has 19 atom stereocenters. The Labute approximate surface area is 725 Å². The van der Waals surface area contributed by atoms with Gasteiger partial charge in [0.1, 0.15) is 92.8 Å². The van der Waals surface area contributed by atoms with E-state index in [1.54, 1.807) is 95.6 Å². The van der Waals surface area contributed by atoms with E-state index in [9.17, 15) is 47.8 Å². The van der Waals surface area contributed by atoms with E-state index >= 15 is 9.13 Å². The minimum Gasteiger partial charge on any atom is -0.390 e. The molecular formula is C80H85N19O25P4. The summed E-state index contributed by atoms with van der Waals surface area (Å²) in [5.74, 6) is 2.39. The number of nitrogens with one attached hydrogen (secondary N) is 5. The lowest BCUT2D eigenvalue weighted by Gasteiger charge is -2.28. The Hall–Kier alpha value is -11.6. The number of carbonyl (C=O) groups excluding carboxylic acids is 3. The van der Waals surface area contributed by atoms with E-state index in [1.807, 2.05) is 6.92 Å². The summed E-state index contributed by atoms with van der Waals surface area (Å²) in [6.45, 7) is 17.2. The van der Waals surface area contributed by atoms with E-state index in [2.05, 4.69) is 97.1 Å². The van der Waals surface area contributed by atoms with Crippen molar-refractivity contribution in [3.05, 3.63) is 260 Å². The predicted octanol–water partition coefficient (Wildman–Crippen LogP) is 10.1. The Morgan fingerprint density at radius 2 is 0.703 bits per heavy atom. The number of aromatic nitrogens is 16. The number of aryl methyl sites for hydroxylation is 2. The van der Waals surface area contributed by atoms with Gasteiger partial charge >= 0.3 is 41.8 Å². The lowest BCUT2D eigenvalue weighted by atomic mass is 10.1. The molecule has 11 aromatic rings. The number of nitrogens with zero attached hydrogens (tertiary/aromatic N) is 14. The van der Waals surface area contributed by atoms with Crippen molar-refractivity contribution in [2.45, 2.75) is 151 Å². The highest BCUT2D eigenvalue weighted by Crippen LogP contribution is 2.60. The van der Waals surface area contributed by atoms with Crippen LogP contribution in [0.4, 0.5) is 17.5 Å². The van der Waals surface area contributed by atoms with Crippen LogP contribution in [0.1, 0.15) is 119 Å². The van der Waals surface area contributed by atoms with E-state index < -0.39 is 189 Å². The van der Waals surface area contributed by atoms with Gasteiger partial charge in [-0.05, 0) is 56.7 Å². The first kappa shape index (κ1) is 89.8. The summed E-state index contributed by atoms with van der Waals surface area (Å²) >= 11 is 0. The molecule has 3 aromatic carbocycles. The first-order chi connectivity index (χ1) is 61.6. The fourth-order valence-corrected chi connectivity index (χ4v) is 19.9. The topological polar surface area (TPSA) is 536 Å². The van der Waals surface area contributed by atoms with E-state index in [4.69, 9.17) is 59.9 Å². The van der Waals surface area contributed by atoms with Crippen molar-refractivity contribution in [3.63, 3.8) is 0 Å². The van der Waals surface area contributed by atoms with Crippen LogP contribution in [0, 0.1) is 13.8 Å². The zero-order valence-corrected chi connectivity index (χ0v) is 72.0. The maximum absolute atomic E-state index is 15.6. The Balaban J connectivity index is 0.654. The maximum atomic E-state index is 15.6. The molecule has 0 spiro atoms. The van der Waals surface area contributed by atoms with E-state index in [0.717, 1.165) is 32.4 Å². The molecule has 5 saturated heterocycles. The van der Waals surface area contributed by atoms with Crippen LogP contribution in [0.3, 0.4) is 0 Å². The molecule has 48 heteroatoms. The number of H-pyrrole nitrogens is 2. The van der Waals surface area contributed by atoms with Gasteiger partial charge in [0, 0.05) is 95.6 Å². The van der Waals surface area contributed by atoms with Crippen LogP contribution in [-0.2, 0) is 78.1 Å². The Bertz CT molecular complexity index is 6520. The molecule has 0 aliphatic carbocycles. The smallest absolute Gasteiger partial charge is 0.354 e. The fraction of sp³-hybridized carbons (Fsp3) is 0.350. The molecule has 0 radical (unpaired) electrons. The Morgan fingerprint density at radius 3 is 1.02 bits per heavy atom. The molecule has 44 nitrogen and oxygen atoms in total. The minimum atomic E-state index is -4.76. The molecule has 670 valence electrons. The summed E-state index contributed by atoms with van der Waals surface area (Å²) in [5, 5.41) is 19.5. The zero-order chi connectivity index (χ0) is 89.9. The van der Waals surface area contributed by atoms with E-state index in [1.165, 1.54) is 73.3 Å². The maximum Gasteiger partial charge on any atom is 0.354 e. The van der Waals surface area contributed by atoms with Gasteiger partial charge in [-0.15, -0.1) is 0 Å². The number of rotatable bonds is 36. The molecule has 5 aliphatic rings. The van der Waals surface area contributed by atoms with Crippen LogP contribution in [0.2, 0.25) is 0 Å². The van der Waals surface area contributed by atoms with Gasteiger partial charge in [0.05, 0.1) is 63.7 Å². The van der Waals surface area contributed by atoms with Crippen molar-refractivity contribution in [2.75, 3.05) is 42.4 Å². The van der Waals surface area contributed by atoms with Gasteiger partial charge in [-0.2, -0.15) is 0 Å². The monoisotopic (exact) mass is 1840 g/mol. The molecule has 5 fully saturated rings. The van der Waals surface area contributed by atoms with Crippen LogP contribution < -0.4 is 38.4 Å². The van der Waals surface area contributed by atoms with E-state index in [0.29, 0.717) is 28.8 Å². The number of ether oxygens (including phenoxy) is 5. The predicted molar refractivity (Wildman–Crippen MR) is 455 cm³/mol. The van der Waals surface area contributed by atoms with Gasteiger partial charge in [0.2, 0.25) is 0 Å². The van der Waals surface area contributed by atoms with Gasteiger partial charge in [-0.25, -0.2) is 54.4 Å². The Kier molecular flexibility index (Phi) is 26.6. The van der Waals surface area contributed by atoms with Crippen molar-refractivity contribution in [1.29, 1.82) is 0 Å². The number of aromatic amines is 2. The molecule has 0 saturated carbocycles. The number of hydrogen-bond donors (Lipinski definition) is 6. The number of imidazole rings is 3. The Morgan fingerprint density at radius 1 is 0.422 bits per heavy atom. The van der Waals surface area contributed by atoms with Gasteiger partial charge in [0.15, 0.2) is 50.9 Å². The van der Waals surface area contributed by atoms with Crippen LogP contribution in [-0.4, -0.2) is 188 Å². The molecule has 16 rings (SSSR count). The molecule has 6 N–H and O–H groups in total. The second-order valence-corrected chi connectivity index (χ2v) is 37.7. The summed E-state index contributed by atoms with van der Waals surface area (Å²) in [6.07, 6.45) is -8.24. The van der Waals surface area contributed by atoms with Crippen LogP contribution in [0.5, 0.6) is 0 Å². The molecule has 128 heavy (non-hydrogen) atoms. The summed E-state index contributed by atoms with van der Waals surface area (Å²) in [4.78, 5) is 136. The number of aliphatic hydroxyl groups excluding tert-OH is 1. The van der Waals surface area contributed by atoms with Crippen molar-refractivity contribution >= 4 is 99.0 Å². The highest BCUT2D eigenvalue weighted by atomic mass is 31.2. The molecule has 13 heterocycles. The van der Waals surface area contributed by atoms with Crippen LogP contribution >= 0.6 is 30.4 Å². The highest BCUT2D eigenvalue weighted by Gasteiger charge is 2.50. The zero-order valence-electron chi connectivity index (χ0n) is 68.4. The third kappa shape index (κ3) is 19.4. The summed E-state index contributed by atoms with van der Waals surface area (Å²) in [5.41, 5.74) is -0.644. The van der Waals surface area contributed by atoms with Crippen molar-refractivity contribution in [2.24, 2.45) is 0 Å². The summed E-state index contributed by atoms with van der Waals surface area (Å²) in [6, 6.07) is 25.1. The van der Waals surface area contributed by atoms with Crippen molar-refractivity contribution in [1.82, 2.24) is 77.7 Å². The first-order valence-corrected chi connectivity index (χ1v) is 46.5. The van der Waals surface area contributed by atoms with Gasteiger partial charge in [0.25, 0.3) is 28.8 Å². The number of amides is 3. The third-order valence-electron chi connectivity index (χ3n) is 21.8.